The predicted molar refractivity (Wildman–Crippen MR) is 69.6 cm³/mol. The van der Waals surface area contributed by atoms with Gasteiger partial charge >= 0.3 is 0 Å². The van der Waals surface area contributed by atoms with Gasteiger partial charge in [-0.15, -0.1) is 0 Å². The Morgan fingerprint density at radius 2 is 1.88 bits per heavy atom. The molecule has 3 heteroatoms. The van der Waals surface area contributed by atoms with Gasteiger partial charge < -0.3 is 0 Å². The molecule has 1 spiro atoms. The molecule has 2 nitrogen and oxygen atoms in total. The summed E-state index contributed by atoms with van der Waals surface area (Å²) >= 11 is 1.92. The Kier molecular flexibility index (Phi) is 2.43. The average molecular weight is 232 g/mol. The lowest BCUT2D eigenvalue weighted by Crippen LogP contribution is -2.31. The lowest BCUT2D eigenvalue weighted by molar-refractivity contribution is 0.507. The minimum absolute atomic E-state index is 0.222. The Labute approximate surface area is 101 Å². The maximum Gasteiger partial charge on any atom is 0.126 e. The number of nitrogens with zero attached hydrogens (tertiary/aromatic N) is 1. The van der Waals surface area contributed by atoms with Crippen molar-refractivity contribution < 1.29 is 0 Å². The highest BCUT2D eigenvalue weighted by Gasteiger charge is 2.39. The van der Waals surface area contributed by atoms with E-state index in [1.807, 2.05) is 11.8 Å². The summed E-state index contributed by atoms with van der Waals surface area (Å²) in [7, 11) is 0. The summed E-state index contributed by atoms with van der Waals surface area (Å²) in [5, 5.41) is 5.66. The van der Waals surface area contributed by atoms with Crippen LogP contribution in [0, 0.1) is 6.92 Å². The van der Waals surface area contributed by atoms with Crippen molar-refractivity contribution in [3.05, 3.63) is 35.4 Å². The smallest absolute Gasteiger partial charge is 0.126 e. The van der Waals surface area contributed by atoms with E-state index in [9.17, 15) is 0 Å². The Morgan fingerprint density at radius 1 is 1.19 bits per heavy atom. The van der Waals surface area contributed by atoms with E-state index >= 15 is 0 Å². The molecule has 1 N–H and O–H groups in total. The van der Waals surface area contributed by atoms with Gasteiger partial charge in [-0.3, -0.25) is 5.43 Å². The van der Waals surface area contributed by atoms with Crippen molar-refractivity contribution >= 4 is 16.8 Å². The minimum atomic E-state index is 0.222. The lowest BCUT2D eigenvalue weighted by atomic mass is 10.2. The van der Waals surface area contributed by atoms with Gasteiger partial charge in [-0.1, -0.05) is 54.4 Å². The van der Waals surface area contributed by atoms with E-state index in [-0.39, 0.29) is 4.87 Å². The molecule has 1 aliphatic carbocycles. The molecule has 0 aromatic heterocycles. The van der Waals surface area contributed by atoms with Crippen LogP contribution in [0.1, 0.15) is 36.8 Å². The molecule has 0 saturated heterocycles. The fraction of sp³-hybridized carbons (Fsp3) is 0.462. The molecule has 84 valence electrons. The highest BCUT2D eigenvalue weighted by Crippen LogP contribution is 2.43. The number of hydrazone groups is 1. The van der Waals surface area contributed by atoms with Crippen molar-refractivity contribution in [1.29, 1.82) is 0 Å². The van der Waals surface area contributed by atoms with Gasteiger partial charge in [-0.25, -0.2) is 0 Å². The quantitative estimate of drug-likeness (QED) is 0.803. The average Bonchev–Trinajstić information content (AvgIpc) is 2.91. The van der Waals surface area contributed by atoms with Gasteiger partial charge in [0, 0.05) is 5.56 Å². The Hall–Kier alpha value is -0.960. The van der Waals surface area contributed by atoms with Crippen molar-refractivity contribution in [1.82, 2.24) is 5.43 Å². The third kappa shape index (κ3) is 1.73. The van der Waals surface area contributed by atoms with E-state index in [1.165, 1.54) is 36.8 Å². The van der Waals surface area contributed by atoms with Crippen LogP contribution in [0.15, 0.2) is 29.4 Å². The SMILES string of the molecule is Cc1ccc(C2=NNC3(CCCC3)S2)cc1. The van der Waals surface area contributed by atoms with Crippen LogP contribution in [0.2, 0.25) is 0 Å². The van der Waals surface area contributed by atoms with Crippen molar-refractivity contribution in [2.45, 2.75) is 37.5 Å². The van der Waals surface area contributed by atoms with Gasteiger partial charge in [0.15, 0.2) is 0 Å². The summed E-state index contributed by atoms with van der Waals surface area (Å²) in [5.74, 6) is 0. The van der Waals surface area contributed by atoms with Crippen LogP contribution < -0.4 is 5.43 Å². The molecule has 1 heterocycles. The Balaban J connectivity index is 1.80. The zero-order chi connectivity index (χ0) is 11.0. The molecule has 0 bridgehead atoms. The summed E-state index contributed by atoms with van der Waals surface area (Å²) in [4.78, 5) is 0.222. The number of nitrogens with one attached hydrogen (secondary N) is 1. The fourth-order valence-electron chi connectivity index (χ4n) is 2.36. The summed E-state index contributed by atoms with van der Waals surface area (Å²) in [5.41, 5.74) is 5.89. The number of hydrogen-bond donors (Lipinski definition) is 1. The molecule has 2 aliphatic rings. The highest BCUT2D eigenvalue weighted by atomic mass is 32.2. The summed E-state index contributed by atoms with van der Waals surface area (Å²) in [6.07, 6.45) is 5.15. The zero-order valence-corrected chi connectivity index (χ0v) is 10.3. The second kappa shape index (κ2) is 3.81. The lowest BCUT2D eigenvalue weighted by Gasteiger charge is -2.20. The fourth-order valence-corrected chi connectivity index (χ4v) is 3.66. The third-order valence-corrected chi connectivity index (χ3v) is 4.77. The van der Waals surface area contributed by atoms with E-state index in [1.54, 1.807) is 0 Å². The van der Waals surface area contributed by atoms with Gasteiger partial charge in [0.1, 0.15) is 9.91 Å². The molecule has 0 atom stereocenters. The van der Waals surface area contributed by atoms with Crippen LogP contribution in [0.4, 0.5) is 0 Å². The minimum Gasteiger partial charge on any atom is -0.292 e. The molecule has 0 unspecified atom stereocenters. The summed E-state index contributed by atoms with van der Waals surface area (Å²) < 4.78 is 0. The number of hydrogen-bond acceptors (Lipinski definition) is 3. The van der Waals surface area contributed by atoms with E-state index in [4.69, 9.17) is 0 Å². The van der Waals surface area contributed by atoms with Gasteiger partial charge in [0.2, 0.25) is 0 Å². The molecular formula is C13H16N2S. The Bertz CT molecular complexity index is 416. The summed E-state index contributed by atoms with van der Waals surface area (Å²) in [6, 6.07) is 8.63. The maximum atomic E-state index is 4.50. The first kappa shape index (κ1) is 10.2. The van der Waals surface area contributed by atoms with Gasteiger partial charge in [-0.2, -0.15) is 5.10 Å². The van der Waals surface area contributed by atoms with Crippen LogP contribution >= 0.6 is 11.8 Å². The molecule has 3 rings (SSSR count). The van der Waals surface area contributed by atoms with E-state index in [2.05, 4.69) is 41.7 Å². The Morgan fingerprint density at radius 3 is 2.56 bits per heavy atom. The van der Waals surface area contributed by atoms with Gasteiger partial charge in [0.25, 0.3) is 0 Å². The second-order valence-electron chi connectivity index (χ2n) is 4.70. The normalized spacial score (nSPS) is 22.2. The van der Waals surface area contributed by atoms with E-state index < -0.39 is 0 Å². The topological polar surface area (TPSA) is 24.4 Å². The maximum absolute atomic E-state index is 4.50. The van der Waals surface area contributed by atoms with Crippen molar-refractivity contribution in [2.75, 3.05) is 0 Å². The van der Waals surface area contributed by atoms with Crippen molar-refractivity contribution in [2.24, 2.45) is 5.10 Å². The van der Waals surface area contributed by atoms with Crippen LogP contribution in [-0.2, 0) is 0 Å². The molecule has 16 heavy (non-hydrogen) atoms. The molecule has 1 aromatic carbocycles. The van der Waals surface area contributed by atoms with E-state index in [0.29, 0.717) is 0 Å². The number of benzene rings is 1. The molecule has 1 saturated carbocycles. The first-order valence-electron chi connectivity index (χ1n) is 5.88. The molecular weight excluding hydrogens is 216 g/mol. The monoisotopic (exact) mass is 232 g/mol. The van der Waals surface area contributed by atoms with Crippen molar-refractivity contribution in [3.8, 4) is 0 Å². The van der Waals surface area contributed by atoms with Gasteiger partial charge in [-0.05, 0) is 19.8 Å². The number of thioether (sulfide) groups is 1. The second-order valence-corrected chi connectivity index (χ2v) is 6.07. The van der Waals surface area contributed by atoms with Crippen LogP contribution in [0.25, 0.3) is 0 Å². The molecule has 0 amide bonds. The number of aryl methyl sites for hydroxylation is 1. The van der Waals surface area contributed by atoms with E-state index in [0.717, 1.165) is 5.04 Å². The van der Waals surface area contributed by atoms with Crippen LogP contribution in [-0.4, -0.2) is 9.91 Å². The standard InChI is InChI=1S/C13H16N2S/c1-10-4-6-11(7-5-10)12-14-15-13(16-12)8-2-3-9-13/h4-7,15H,2-3,8-9H2,1H3. The molecule has 0 radical (unpaired) electrons. The third-order valence-electron chi connectivity index (χ3n) is 3.36. The molecule has 1 aromatic rings. The largest absolute Gasteiger partial charge is 0.292 e. The predicted octanol–water partition coefficient (Wildman–Crippen LogP) is 3.26. The van der Waals surface area contributed by atoms with Gasteiger partial charge in [0.05, 0.1) is 0 Å². The molecule has 1 fully saturated rings. The number of rotatable bonds is 1. The molecule has 1 aliphatic heterocycles. The zero-order valence-electron chi connectivity index (χ0n) is 9.49. The summed E-state index contributed by atoms with van der Waals surface area (Å²) in [6.45, 7) is 2.12. The first-order valence-corrected chi connectivity index (χ1v) is 6.70. The van der Waals surface area contributed by atoms with Crippen LogP contribution in [0.5, 0.6) is 0 Å². The highest BCUT2D eigenvalue weighted by molar-refractivity contribution is 8.15. The van der Waals surface area contributed by atoms with Crippen LogP contribution in [0.3, 0.4) is 0 Å². The first-order chi connectivity index (χ1) is 7.77. The van der Waals surface area contributed by atoms with Crippen molar-refractivity contribution in [3.63, 3.8) is 0 Å².